The molecule has 216 valence electrons. The zero-order valence-electron chi connectivity index (χ0n) is 22.5. The molecule has 1 fully saturated rings. The standard InChI is InChI=1S/C28H30ClN5O6S/c1-2-41(35,36)34-18-22-21-5-4-20(16-25(21)34)39-13-11-38-12-14-40-26-15-19(31-28-30-17-23(29)27(22)32-28)3-6-24(26)33-7-9-37-10-8-33/h3-6,15-18H,2,7-14H2,1H3,(H,30,31,32). The van der Waals surface area contributed by atoms with Crippen LogP contribution >= 0.6 is 11.6 Å². The van der Waals surface area contributed by atoms with Crippen LogP contribution in [0.3, 0.4) is 0 Å². The first kappa shape index (κ1) is 27.6. The molecule has 13 heteroatoms. The molecule has 0 radical (unpaired) electrons. The van der Waals surface area contributed by atoms with Crippen molar-refractivity contribution < 1.29 is 27.4 Å². The quantitative estimate of drug-likeness (QED) is 0.341. The van der Waals surface area contributed by atoms with E-state index < -0.39 is 10.0 Å². The van der Waals surface area contributed by atoms with Gasteiger partial charge in [0.15, 0.2) is 0 Å². The van der Waals surface area contributed by atoms with E-state index in [0.29, 0.717) is 84.3 Å². The van der Waals surface area contributed by atoms with E-state index >= 15 is 0 Å². The van der Waals surface area contributed by atoms with Crippen molar-refractivity contribution >= 4 is 49.9 Å². The van der Waals surface area contributed by atoms with E-state index in [2.05, 4.69) is 15.2 Å². The molecule has 0 saturated carbocycles. The Labute approximate surface area is 243 Å². The highest BCUT2D eigenvalue weighted by Gasteiger charge is 2.22. The number of nitrogens with zero attached hydrogens (tertiary/aromatic N) is 4. The Morgan fingerprint density at radius 2 is 1.76 bits per heavy atom. The van der Waals surface area contributed by atoms with Crippen LogP contribution in [0, 0.1) is 0 Å². The summed E-state index contributed by atoms with van der Waals surface area (Å²) in [5.74, 6) is 1.44. The van der Waals surface area contributed by atoms with E-state index in [9.17, 15) is 8.42 Å². The molecule has 5 heterocycles. The number of ether oxygens (including phenoxy) is 4. The van der Waals surface area contributed by atoms with Gasteiger partial charge in [-0.1, -0.05) is 11.6 Å². The zero-order chi connectivity index (χ0) is 28.4. The monoisotopic (exact) mass is 599 g/mol. The Balaban J connectivity index is 1.44. The molecule has 0 amide bonds. The molecule has 0 unspecified atom stereocenters. The Morgan fingerprint density at radius 3 is 2.56 bits per heavy atom. The van der Waals surface area contributed by atoms with Crippen molar-refractivity contribution in [3.05, 3.63) is 53.8 Å². The van der Waals surface area contributed by atoms with Crippen LogP contribution in [0.2, 0.25) is 5.02 Å². The topological polar surface area (TPSA) is 117 Å². The third-order valence-electron chi connectivity index (χ3n) is 6.96. The van der Waals surface area contributed by atoms with E-state index in [1.165, 1.54) is 10.2 Å². The van der Waals surface area contributed by atoms with Crippen LogP contribution in [0.4, 0.5) is 17.3 Å². The van der Waals surface area contributed by atoms with Crippen molar-refractivity contribution in [2.75, 3.05) is 68.7 Å². The molecule has 1 N–H and O–H groups in total. The fourth-order valence-corrected chi connectivity index (χ4v) is 6.06. The third kappa shape index (κ3) is 5.78. The Morgan fingerprint density at radius 1 is 0.976 bits per heavy atom. The first-order valence-corrected chi connectivity index (χ1v) is 15.4. The minimum atomic E-state index is -3.63. The van der Waals surface area contributed by atoms with Crippen LogP contribution in [0.15, 0.2) is 48.8 Å². The lowest BCUT2D eigenvalue weighted by molar-refractivity contribution is 0.0764. The molecule has 3 aliphatic heterocycles. The van der Waals surface area contributed by atoms with Gasteiger partial charge in [0.1, 0.15) is 24.7 Å². The number of fused-ring (bicyclic) bond motifs is 7. The second kappa shape index (κ2) is 11.7. The number of hydrogen-bond acceptors (Lipinski definition) is 10. The first-order valence-electron chi connectivity index (χ1n) is 13.4. The molecule has 7 rings (SSSR count). The van der Waals surface area contributed by atoms with Crippen molar-refractivity contribution in [3.63, 3.8) is 0 Å². The maximum Gasteiger partial charge on any atom is 0.238 e. The number of hydrogen-bond donors (Lipinski definition) is 1. The number of aromatic nitrogens is 3. The van der Waals surface area contributed by atoms with Gasteiger partial charge in [0, 0.05) is 48.1 Å². The largest absolute Gasteiger partial charge is 0.491 e. The van der Waals surface area contributed by atoms with Crippen molar-refractivity contribution in [1.82, 2.24) is 13.9 Å². The lowest BCUT2D eigenvalue weighted by Gasteiger charge is -2.30. The van der Waals surface area contributed by atoms with Crippen molar-refractivity contribution in [2.24, 2.45) is 0 Å². The molecule has 4 aromatic rings. The highest BCUT2D eigenvalue weighted by atomic mass is 35.5. The summed E-state index contributed by atoms with van der Waals surface area (Å²) >= 11 is 6.59. The molecule has 8 bridgehead atoms. The first-order chi connectivity index (χ1) is 19.9. The fraction of sp³-hybridized carbons (Fsp3) is 0.357. The van der Waals surface area contributed by atoms with Gasteiger partial charge in [-0.3, -0.25) is 0 Å². The zero-order valence-corrected chi connectivity index (χ0v) is 24.1. The smallest absolute Gasteiger partial charge is 0.238 e. The van der Waals surface area contributed by atoms with Gasteiger partial charge in [-0.05, 0) is 31.2 Å². The number of benzene rings is 2. The highest BCUT2D eigenvalue weighted by Crippen LogP contribution is 2.37. The maximum absolute atomic E-state index is 13.0. The molecule has 3 aliphatic rings. The number of morpholine rings is 1. The normalized spacial score (nSPS) is 16.4. The van der Waals surface area contributed by atoms with Crippen molar-refractivity contribution in [3.8, 4) is 22.8 Å². The lowest BCUT2D eigenvalue weighted by atomic mass is 10.1. The summed E-state index contributed by atoms with van der Waals surface area (Å²) in [4.78, 5) is 11.3. The number of nitrogens with one attached hydrogen (secondary N) is 1. The second-order valence-corrected chi connectivity index (χ2v) is 12.1. The van der Waals surface area contributed by atoms with Gasteiger partial charge in [-0.25, -0.2) is 22.4 Å². The van der Waals surface area contributed by atoms with Gasteiger partial charge >= 0.3 is 0 Å². The molecule has 0 aliphatic carbocycles. The van der Waals surface area contributed by atoms with Crippen LogP contribution in [0.25, 0.3) is 22.2 Å². The maximum atomic E-state index is 13.0. The molecule has 0 atom stereocenters. The van der Waals surface area contributed by atoms with E-state index in [-0.39, 0.29) is 5.75 Å². The molecular formula is C28H30ClN5O6S. The van der Waals surface area contributed by atoms with Gasteiger partial charge < -0.3 is 29.2 Å². The summed E-state index contributed by atoms with van der Waals surface area (Å²) in [6.45, 7) is 5.79. The summed E-state index contributed by atoms with van der Waals surface area (Å²) in [7, 11) is -3.63. The average Bonchev–Trinajstić information content (AvgIpc) is 3.37. The molecular weight excluding hydrogens is 570 g/mol. The minimum absolute atomic E-state index is 0.0791. The Hall–Kier alpha value is -3.58. The van der Waals surface area contributed by atoms with Crippen LogP contribution < -0.4 is 19.7 Å². The van der Waals surface area contributed by atoms with E-state index in [0.717, 1.165) is 24.5 Å². The number of rotatable bonds is 3. The minimum Gasteiger partial charge on any atom is -0.491 e. The molecule has 2 aromatic carbocycles. The SMILES string of the molecule is CCS(=O)(=O)n1cc2c3ccc(cc31)OCCOCCOc1cc(ccc1N1CCOCC1)Nc1ncc(Cl)c-2n1. The van der Waals surface area contributed by atoms with Crippen molar-refractivity contribution in [2.45, 2.75) is 6.92 Å². The Bertz CT molecular complexity index is 1670. The Kier molecular flexibility index (Phi) is 7.89. The molecule has 0 spiro atoms. The van der Waals surface area contributed by atoms with Gasteiger partial charge in [-0.2, -0.15) is 0 Å². The predicted octanol–water partition coefficient (Wildman–Crippen LogP) is 4.32. The number of anilines is 3. The molecule has 1 saturated heterocycles. The van der Waals surface area contributed by atoms with Gasteiger partial charge in [0.25, 0.3) is 0 Å². The summed E-state index contributed by atoms with van der Waals surface area (Å²) in [6, 6.07) is 11.1. The predicted molar refractivity (Wildman–Crippen MR) is 157 cm³/mol. The fourth-order valence-electron chi connectivity index (χ4n) is 4.87. The van der Waals surface area contributed by atoms with Gasteiger partial charge in [-0.15, -0.1) is 0 Å². The van der Waals surface area contributed by atoms with E-state index in [1.54, 1.807) is 25.3 Å². The van der Waals surface area contributed by atoms with Gasteiger partial charge in [0.2, 0.25) is 16.0 Å². The summed E-state index contributed by atoms with van der Waals surface area (Å²) < 4.78 is 50.7. The molecule has 2 aromatic heterocycles. The average molecular weight is 600 g/mol. The molecule has 41 heavy (non-hydrogen) atoms. The number of halogens is 1. The lowest BCUT2D eigenvalue weighted by Crippen LogP contribution is -2.36. The highest BCUT2D eigenvalue weighted by molar-refractivity contribution is 7.90. The van der Waals surface area contributed by atoms with Crippen LogP contribution in [-0.4, -0.2) is 80.8 Å². The van der Waals surface area contributed by atoms with E-state index in [4.69, 9.17) is 35.5 Å². The summed E-state index contributed by atoms with van der Waals surface area (Å²) in [5.41, 5.74) is 3.12. The van der Waals surface area contributed by atoms with Crippen molar-refractivity contribution in [1.29, 1.82) is 0 Å². The third-order valence-corrected chi connectivity index (χ3v) is 8.86. The van der Waals surface area contributed by atoms with Crippen LogP contribution in [0.1, 0.15) is 6.92 Å². The summed E-state index contributed by atoms with van der Waals surface area (Å²) in [6.07, 6.45) is 3.05. The summed E-state index contributed by atoms with van der Waals surface area (Å²) in [5, 5.41) is 4.21. The van der Waals surface area contributed by atoms with Gasteiger partial charge in [0.05, 0.1) is 60.3 Å². The van der Waals surface area contributed by atoms with E-state index in [1.807, 2.05) is 24.3 Å². The van der Waals surface area contributed by atoms with Crippen LogP contribution in [0.5, 0.6) is 11.5 Å². The van der Waals surface area contributed by atoms with Crippen LogP contribution in [-0.2, 0) is 19.5 Å². The second-order valence-electron chi connectivity index (χ2n) is 9.52. The molecule has 11 nitrogen and oxygen atoms in total.